The molecule has 1 heterocycles. The SMILES string of the molecule is Cc1ccc(C(O)Cc2ccc(F)c(Cl)c2)nc1. The van der Waals surface area contributed by atoms with E-state index in [1.54, 1.807) is 18.3 Å². The van der Waals surface area contributed by atoms with Crippen molar-refractivity contribution in [3.63, 3.8) is 0 Å². The van der Waals surface area contributed by atoms with Crippen LogP contribution in [0.25, 0.3) is 0 Å². The average Bonchev–Trinajstić information content (AvgIpc) is 2.34. The number of nitrogens with zero attached hydrogens (tertiary/aromatic N) is 1. The molecule has 1 atom stereocenters. The lowest BCUT2D eigenvalue weighted by Crippen LogP contribution is -2.04. The predicted octanol–water partition coefficient (Wildman–Crippen LogP) is 3.46. The van der Waals surface area contributed by atoms with Crippen molar-refractivity contribution in [2.75, 3.05) is 0 Å². The van der Waals surface area contributed by atoms with E-state index in [1.165, 1.54) is 12.1 Å². The molecule has 0 fully saturated rings. The second-order valence-electron chi connectivity index (χ2n) is 4.23. The zero-order valence-corrected chi connectivity index (χ0v) is 10.7. The number of pyridine rings is 1. The number of rotatable bonds is 3. The van der Waals surface area contributed by atoms with Gasteiger partial charge in [0.15, 0.2) is 0 Å². The van der Waals surface area contributed by atoms with Crippen LogP contribution in [0.1, 0.15) is 22.9 Å². The molecule has 94 valence electrons. The van der Waals surface area contributed by atoms with Gasteiger partial charge < -0.3 is 5.11 Å². The Hall–Kier alpha value is -1.45. The highest BCUT2D eigenvalue weighted by molar-refractivity contribution is 6.30. The first-order chi connectivity index (χ1) is 8.56. The Balaban J connectivity index is 2.13. The highest BCUT2D eigenvalue weighted by atomic mass is 35.5. The maximum atomic E-state index is 13.0. The fourth-order valence-electron chi connectivity index (χ4n) is 1.67. The van der Waals surface area contributed by atoms with E-state index in [-0.39, 0.29) is 5.02 Å². The molecule has 1 N–H and O–H groups in total. The molecule has 2 nitrogen and oxygen atoms in total. The van der Waals surface area contributed by atoms with Crippen LogP contribution in [0.2, 0.25) is 5.02 Å². The summed E-state index contributed by atoms with van der Waals surface area (Å²) in [5.74, 6) is -0.455. The fourth-order valence-corrected chi connectivity index (χ4v) is 1.87. The van der Waals surface area contributed by atoms with Gasteiger partial charge in [-0.05, 0) is 36.2 Å². The Morgan fingerprint density at radius 1 is 1.33 bits per heavy atom. The number of aliphatic hydroxyl groups excluding tert-OH is 1. The maximum Gasteiger partial charge on any atom is 0.141 e. The van der Waals surface area contributed by atoms with Crippen molar-refractivity contribution in [2.24, 2.45) is 0 Å². The standard InChI is InChI=1S/C14H13ClFNO/c1-9-2-5-13(17-8-9)14(18)7-10-3-4-12(16)11(15)6-10/h2-6,8,14,18H,7H2,1H3. The molecule has 0 aliphatic carbocycles. The zero-order chi connectivity index (χ0) is 13.1. The molecule has 0 bridgehead atoms. The van der Waals surface area contributed by atoms with Crippen molar-refractivity contribution in [1.29, 1.82) is 0 Å². The Kier molecular flexibility index (Phi) is 3.94. The lowest BCUT2D eigenvalue weighted by Gasteiger charge is -2.10. The quantitative estimate of drug-likeness (QED) is 0.922. The van der Waals surface area contributed by atoms with Gasteiger partial charge in [0.25, 0.3) is 0 Å². The molecule has 1 aromatic heterocycles. The second-order valence-corrected chi connectivity index (χ2v) is 4.64. The van der Waals surface area contributed by atoms with Gasteiger partial charge in [0, 0.05) is 12.6 Å². The van der Waals surface area contributed by atoms with Gasteiger partial charge in [0.05, 0.1) is 16.8 Å². The topological polar surface area (TPSA) is 33.1 Å². The summed E-state index contributed by atoms with van der Waals surface area (Å²) in [6.07, 6.45) is 1.35. The lowest BCUT2D eigenvalue weighted by atomic mass is 10.0. The van der Waals surface area contributed by atoms with Crippen LogP contribution in [-0.4, -0.2) is 10.1 Å². The van der Waals surface area contributed by atoms with E-state index in [2.05, 4.69) is 4.98 Å². The van der Waals surface area contributed by atoms with Gasteiger partial charge in [-0.1, -0.05) is 23.7 Å². The van der Waals surface area contributed by atoms with Crippen LogP contribution in [0.5, 0.6) is 0 Å². The highest BCUT2D eigenvalue weighted by Gasteiger charge is 2.11. The number of benzene rings is 1. The average molecular weight is 266 g/mol. The van der Waals surface area contributed by atoms with Crippen LogP contribution >= 0.6 is 11.6 Å². The molecule has 0 radical (unpaired) electrons. The molecule has 1 unspecified atom stereocenters. The summed E-state index contributed by atoms with van der Waals surface area (Å²) >= 11 is 5.69. The second kappa shape index (κ2) is 5.46. The van der Waals surface area contributed by atoms with Gasteiger partial charge in [0.1, 0.15) is 5.82 Å². The van der Waals surface area contributed by atoms with E-state index in [0.29, 0.717) is 12.1 Å². The minimum atomic E-state index is -0.716. The van der Waals surface area contributed by atoms with E-state index in [0.717, 1.165) is 11.1 Å². The molecule has 2 aromatic rings. The van der Waals surface area contributed by atoms with Crippen molar-refractivity contribution in [3.05, 3.63) is 64.2 Å². The van der Waals surface area contributed by atoms with Crippen LogP contribution in [0.4, 0.5) is 4.39 Å². The Labute approximate surface area is 110 Å². The van der Waals surface area contributed by atoms with Gasteiger partial charge in [-0.25, -0.2) is 4.39 Å². The Bertz CT molecular complexity index is 542. The molecule has 0 aliphatic rings. The third-order valence-electron chi connectivity index (χ3n) is 2.69. The molecular formula is C14H13ClFNO. The van der Waals surface area contributed by atoms with E-state index < -0.39 is 11.9 Å². The largest absolute Gasteiger partial charge is 0.386 e. The molecule has 0 saturated carbocycles. The summed E-state index contributed by atoms with van der Waals surface area (Å²) in [6, 6.07) is 8.11. The van der Waals surface area contributed by atoms with Crippen LogP contribution in [0, 0.1) is 12.7 Å². The molecular weight excluding hydrogens is 253 g/mol. The third-order valence-corrected chi connectivity index (χ3v) is 2.98. The third kappa shape index (κ3) is 3.06. The molecule has 1 aromatic carbocycles. The summed E-state index contributed by atoms with van der Waals surface area (Å²) in [4.78, 5) is 4.16. The predicted molar refractivity (Wildman–Crippen MR) is 69.0 cm³/mol. The van der Waals surface area contributed by atoms with E-state index >= 15 is 0 Å². The first-order valence-electron chi connectivity index (χ1n) is 5.61. The van der Waals surface area contributed by atoms with Crippen molar-refractivity contribution in [3.8, 4) is 0 Å². The number of aliphatic hydroxyl groups is 1. The maximum absolute atomic E-state index is 13.0. The number of hydrogen-bond donors (Lipinski definition) is 1. The van der Waals surface area contributed by atoms with Crippen molar-refractivity contribution < 1.29 is 9.50 Å². The van der Waals surface area contributed by atoms with E-state index in [9.17, 15) is 9.50 Å². The summed E-state index contributed by atoms with van der Waals surface area (Å²) in [5.41, 5.74) is 2.41. The lowest BCUT2D eigenvalue weighted by molar-refractivity contribution is 0.173. The van der Waals surface area contributed by atoms with Gasteiger partial charge in [-0.15, -0.1) is 0 Å². The molecule has 0 spiro atoms. The number of aryl methyl sites for hydroxylation is 1. The van der Waals surface area contributed by atoms with Gasteiger partial charge >= 0.3 is 0 Å². The monoisotopic (exact) mass is 265 g/mol. The van der Waals surface area contributed by atoms with Crippen LogP contribution < -0.4 is 0 Å². The minimum absolute atomic E-state index is 0.0663. The number of halogens is 2. The summed E-state index contributed by atoms with van der Waals surface area (Å²) in [5, 5.41) is 10.1. The first-order valence-corrected chi connectivity index (χ1v) is 5.98. The molecule has 0 aliphatic heterocycles. The Morgan fingerprint density at radius 2 is 2.11 bits per heavy atom. The van der Waals surface area contributed by atoms with Gasteiger partial charge in [0.2, 0.25) is 0 Å². The number of aromatic nitrogens is 1. The first kappa shape index (κ1) is 13.0. The van der Waals surface area contributed by atoms with Crippen LogP contribution in [0.15, 0.2) is 36.5 Å². The Morgan fingerprint density at radius 3 is 2.72 bits per heavy atom. The minimum Gasteiger partial charge on any atom is -0.386 e. The van der Waals surface area contributed by atoms with E-state index in [4.69, 9.17) is 11.6 Å². The number of hydrogen-bond acceptors (Lipinski definition) is 2. The molecule has 18 heavy (non-hydrogen) atoms. The van der Waals surface area contributed by atoms with Gasteiger partial charge in [-0.2, -0.15) is 0 Å². The van der Waals surface area contributed by atoms with Crippen LogP contribution in [-0.2, 0) is 6.42 Å². The van der Waals surface area contributed by atoms with Crippen molar-refractivity contribution in [1.82, 2.24) is 4.98 Å². The van der Waals surface area contributed by atoms with Crippen LogP contribution in [0.3, 0.4) is 0 Å². The van der Waals surface area contributed by atoms with Crippen molar-refractivity contribution in [2.45, 2.75) is 19.4 Å². The van der Waals surface area contributed by atoms with Gasteiger partial charge in [-0.3, -0.25) is 4.98 Å². The molecule has 4 heteroatoms. The smallest absolute Gasteiger partial charge is 0.141 e. The highest BCUT2D eigenvalue weighted by Crippen LogP contribution is 2.21. The molecule has 0 saturated heterocycles. The molecule has 0 amide bonds. The zero-order valence-electron chi connectivity index (χ0n) is 9.90. The fraction of sp³-hybridized carbons (Fsp3) is 0.214. The van der Waals surface area contributed by atoms with Crippen molar-refractivity contribution >= 4 is 11.6 Å². The normalized spacial score (nSPS) is 12.4. The summed E-state index contributed by atoms with van der Waals surface area (Å²) in [7, 11) is 0. The van der Waals surface area contributed by atoms with E-state index in [1.807, 2.05) is 13.0 Å². The summed E-state index contributed by atoms with van der Waals surface area (Å²) < 4.78 is 13.0. The molecule has 2 rings (SSSR count). The summed E-state index contributed by atoms with van der Waals surface area (Å²) in [6.45, 7) is 1.93.